The quantitative estimate of drug-likeness (QED) is 0.838. The third-order valence-electron chi connectivity index (χ3n) is 2.75. The summed E-state index contributed by atoms with van der Waals surface area (Å²) in [4.78, 5) is 12.2. The molecular formula is C15H17N3O. The van der Waals surface area contributed by atoms with Gasteiger partial charge in [0.2, 0.25) is 5.95 Å². The van der Waals surface area contributed by atoms with Crippen LogP contribution in [0.1, 0.15) is 31.9 Å². The minimum Gasteiger partial charge on any atom is -0.507 e. The summed E-state index contributed by atoms with van der Waals surface area (Å²) >= 11 is 0. The second-order valence-corrected chi connectivity index (χ2v) is 5.30. The first-order valence-electron chi connectivity index (χ1n) is 6.12. The van der Waals surface area contributed by atoms with E-state index in [1.165, 1.54) is 0 Å². The van der Waals surface area contributed by atoms with Gasteiger partial charge in [0.1, 0.15) is 5.75 Å². The zero-order valence-electron chi connectivity index (χ0n) is 11.3. The van der Waals surface area contributed by atoms with E-state index >= 15 is 0 Å². The van der Waals surface area contributed by atoms with Gasteiger partial charge in [0.05, 0.1) is 0 Å². The lowest BCUT2D eigenvalue weighted by molar-refractivity contribution is 0.446. The van der Waals surface area contributed by atoms with Gasteiger partial charge < -0.3 is 5.11 Å². The van der Waals surface area contributed by atoms with Gasteiger partial charge in [-0.15, -0.1) is 0 Å². The molecule has 1 aromatic carbocycles. The Morgan fingerprint density at radius 2 is 1.79 bits per heavy atom. The maximum atomic E-state index is 10.3. The Labute approximate surface area is 112 Å². The van der Waals surface area contributed by atoms with Crippen LogP contribution in [-0.2, 0) is 5.41 Å². The standard InChI is InChI=1S/C15H17N3O/c1-15(2,3)12-7-4-6-11(13(12)19)10-18-14-16-8-5-9-17-14/h4-10,19H,1-3H3/b18-10+. The number of nitrogens with zero attached hydrogens (tertiary/aromatic N) is 3. The third-order valence-corrected chi connectivity index (χ3v) is 2.75. The van der Waals surface area contributed by atoms with E-state index < -0.39 is 0 Å². The molecule has 0 radical (unpaired) electrons. The van der Waals surface area contributed by atoms with Gasteiger partial charge in [0.25, 0.3) is 0 Å². The molecule has 0 fully saturated rings. The number of hydrogen-bond donors (Lipinski definition) is 1. The van der Waals surface area contributed by atoms with Crippen LogP contribution in [-0.4, -0.2) is 21.3 Å². The number of rotatable bonds is 2. The van der Waals surface area contributed by atoms with Crippen LogP contribution in [0.2, 0.25) is 0 Å². The van der Waals surface area contributed by atoms with Crippen LogP contribution in [0.3, 0.4) is 0 Å². The highest BCUT2D eigenvalue weighted by Crippen LogP contribution is 2.32. The summed E-state index contributed by atoms with van der Waals surface area (Å²) in [6, 6.07) is 7.38. The molecule has 19 heavy (non-hydrogen) atoms. The fourth-order valence-corrected chi connectivity index (χ4v) is 1.76. The first-order valence-corrected chi connectivity index (χ1v) is 6.12. The zero-order valence-corrected chi connectivity index (χ0v) is 11.3. The second kappa shape index (κ2) is 5.18. The largest absolute Gasteiger partial charge is 0.507 e. The molecule has 0 atom stereocenters. The molecule has 0 saturated carbocycles. The van der Waals surface area contributed by atoms with Crippen molar-refractivity contribution in [3.63, 3.8) is 0 Å². The Morgan fingerprint density at radius 3 is 2.42 bits per heavy atom. The van der Waals surface area contributed by atoms with Crippen molar-refractivity contribution in [1.29, 1.82) is 0 Å². The molecule has 98 valence electrons. The van der Waals surface area contributed by atoms with Crippen molar-refractivity contribution in [1.82, 2.24) is 9.97 Å². The summed E-state index contributed by atoms with van der Waals surface area (Å²) in [5, 5.41) is 10.3. The van der Waals surface area contributed by atoms with Crippen molar-refractivity contribution in [3.05, 3.63) is 47.8 Å². The van der Waals surface area contributed by atoms with Crippen molar-refractivity contribution in [2.75, 3.05) is 0 Å². The zero-order chi connectivity index (χ0) is 13.9. The van der Waals surface area contributed by atoms with E-state index in [1.807, 2.05) is 18.2 Å². The monoisotopic (exact) mass is 255 g/mol. The Balaban J connectivity index is 2.34. The molecule has 0 saturated heterocycles. The van der Waals surface area contributed by atoms with Crippen LogP contribution in [0.15, 0.2) is 41.7 Å². The summed E-state index contributed by atoms with van der Waals surface area (Å²) < 4.78 is 0. The van der Waals surface area contributed by atoms with Crippen molar-refractivity contribution >= 4 is 12.2 Å². The van der Waals surface area contributed by atoms with Gasteiger partial charge >= 0.3 is 0 Å². The maximum Gasteiger partial charge on any atom is 0.249 e. The molecule has 0 spiro atoms. The van der Waals surface area contributed by atoms with Gasteiger partial charge in [0, 0.05) is 24.2 Å². The summed E-state index contributed by atoms with van der Waals surface area (Å²) in [6.07, 6.45) is 4.84. The Kier molecular flexibility index (Phi) is 3.60. The van der Waals surface area contributed by atoms with Crippen molar-refractivity contribution in [2.45, 2.75) is 26.2 Å². The van der Waals surface area contributed by atoms with Gasteiger partial charge in [-0.05, 0) is 23.1 Å². The minimum atomic E-state index is -0.114. The molecule has 2 rings (SSSR count). The van der Waals surface area contributed by atoms with E-state index in [-0.39, 0.29) is 11.2 Å². The summed E-state index contributed by atoms with van der Waals surface area (Å²) in [5.41, 5.74) is 1.45. The minimum absolute atomic E-state index is 0.114. The first-order chi connectivity index (χ1) is 8.98. The number of para-hydroxylation sites is 1. The first kappa shape index (κ1) is 13.2. The highest BCUT2D eigenvalue weighted by atomic mass is 16.3. The molecule has 0 aliphatic rings. The number of hydrogen-bond acceptors (Lipinski definition) is 4. The molecule has 1 aromatic heterocycles. The molecular weight excluding hydrogens is 238 g/mol. The molecule has 0 unspecified atom stereocenters. The molecule has 0 aliphatic carbocycles. The van der Waals surface area contributed by atoms with E-state index in [1.54, 1.807) is 24.7 Å². The Bertz CT molecular complexity index is 586. The van der Waals surface area contributed by atoms with Crippen LogP contribution >= 0.6 is 0 Å². The molecule has 0 aliphatic heterocycles. The summed E-state index contributed by atoms with van der Waals surface area (Å²) in [6.45, 7) is 6.18. The molecule has 4 nitrogen and oxygen atoms in total. The Morgan fingerprint density at radius 1 is 1.11 bits per heavy atom. The predicted molar refractivity (Wildman–Crippen MR) is 76.1 cm³/mol. The SMILES string of the molecule is CC(C)(C)c1cccc(/C=N/c2ncccn2)c1O. The van der Waals surface area contributed by atoms with Crippen molar-refractivity contribution < 1.29 is 5.11 Å². The lowest BCUT2D eigenvalue weighted by Gasteiger charge is -2.21. The molecule has 1 N–H and O–H groups in total. The van der Waals surface area contributed by atoms with E-state index in [4.69, 9.17) is 0 Å². The summed E-state index contributed by atoms with van der Waals surface area (Å²) in [5.74, 6) is 0.637. The van der Waals surface area contributed by atoms with Crippen molar-refractivity contribution in [3.8, 4) is 5.75 Å². The van der Waals surface area contributed by atoms with Crippen molar-refractivity contribution in [2.24, 2.45) is 4.99 Å². The molecule has 0 bridgehead atoms. The highest BCUT2D eigenvalue weighted by molar-refractivity contribution is 5.85. The number of aliphatic imine (C=N–C) groups is 1. The van der Waals surface area contributed by atoms with Crippen LogP contribution < -0.4 is 0 Å². The summed E-state index contributed by atoms with van der Waals surface area (Å²) in [7, 11) is 0. The molecule has 0 amide bonds. The smallest absolute Gasteiger partial charge is 0.249 e. The van der Waals surface area contributed by atoms with Gasteiger partial charge in [-0.1, -0.05) is 32.9 Å². The van der Waals surface area contributed by atoms with Gasteiger partial charge in [0.15, 0.2) is 0 Å². The average Bonchev–Trinajstić information content (AvgIpc) is 2.37. The van der Waals surface area contributed by atoms with Gasteiger partial charge in [-0.25, -0.2) is 15.0 Å². The van der Waals surface area contributed by atoms with Crippen LogP contribution in [0.5, 0.6) is 5.75 Å². The number of phenolic OH excluding ortho intramolecular Hbond substituents is 1. The lowest BCUT2D eigenvalue weighted by atomic mass is 9.85. The topological polar surface area (TPSA) is 58.4 Å². The molecule has 1 heterocycles. The second-order valence-electron chi connectivity index (χ2n) is 5.30. The maximum absolute atomic E-state index is 10.3. The predicted octanol–water partition coefficient (Wildman–Crippen LogP) is 3.23. The Hall–Kier alpha value is -2.23. The van der Waals surface area contributed by atoms with E-state index in [0.29, 0.717) is 11.5 Å². The lowest BCUT2D eigenvalue weighted by Crippen LogP contribution is -2.11. The van der Waals surface area contributed by atoms with E-state index in [0.717, 1.165) is 5.56 Å². The average molecular weight is 255 g/mol. The van der Waals surface area contributed by atoms with Crippen LogP contribution in [0.25, 0.3) is 0 Å². The molecule has 4 heteroatoms. The third kappa shape index (κ3) is 3.16. The highest BCUT2D eigenvalue weighted by Gasteiger charge is 2.19. The normalized spacial score (nSPS) is 11.9. The molecule has 2 aromatic rings. The number of phenols is 1. The number of benzene rings is 1. The number of aromatic nitrogens is 2. The van der Waals surface area contributed by atoms with Gasteiger partial charge in [-0.3, -0.25) is 0 Å². The van der Waals surface area contributed by atoms with Gasteiger partial charge in [-0.2, -0.15) is 0 Å². The van der Waals surface area contributed by atoms with E-state index in [9.17, 15) is 5.11 Å². The fourth-order valence-electron chi connectivity index (χ4n) is 1.76. The van der Waals surface area contributed by atoms with Crippen LogP contribution in [0, 0.1) is 0 Å². The van der Waals surface area contributed by atoms with E-state index in [2.05, 4.69) is 35.7 Å². The fraction of sp³-hybridized carbons (Fsp3) is 0.267. The number of aromatic hydroxyl groups is 1. The van der Waals surface area contributed by atoms with Crippen LogP contribution in [0.4, 0.5) is 5.95 Å².